The van der Waals surface area contributed by atoms with E-state index in [1.165, 1.54) is 0 Å². The Kier molecular flexibility index (Phi) is 4.49. The first-order valence-electron chi connectivity index (χ1n) is 7.67. The molecule has 0 radical (unpaired) electrons. The average Bonchev–Trinajstić information content (AvgIpc) is 2.60. The van der Waals surface area contributed by atoms with Crippen LogP contribution in [0.3, 0.4) is 0 Å². The number of Topliss-reactive ketones (excluding diaryl/α,β-unsaturated/α-hetero) is 1. The molecule has 1 aliphatic rings. The highest BCUT2D eigenvalue weighted by atomic mass is 35.5. The molecule has 1 N–H and O–H groups in total. The lowest BCUT2D eigenvalue weighted by molar-refractivity contribution is -0.144. The van der Waals surface area contributed by atoms with Crippen LogP contribution in [0.5, 0.6) is 0 Å². The molecule has 4 nitrogen and oxygen atoms in total. The van der Waals surface area contributed by atoms with E-state index in [-0.39, 0.29) is 29.9 Å². The van der Waals surface area contributed by atoms with Crippen LogP contribution in [-0.2, 0) is 9.59 Å². The van der Waals surface area contributed by atoms with Gasteiger partial charge in [-0.15, -0.1) is 0 Å². The van der Waals surface area contributed by atoms with Gasteiger partial charge in [0.15, 0.2) is 5.78 Å². The number of ketones is 1. The van der Waals surface area contributed by atoms with Crippen LogP contribution in [0.1, 0.15) is 23.6 Å². The fraction of sp³-hybridized carbons (Fsp3) is 0.211. The topological polar surface area (TPSA) is 61.2 Å². The number of hydrogen-bond acceptors (Lipinski definition) is 3. The molecule has 2 aromatic rings. The van der Waals surface area contributed by atoms with E-state index in [1.54, 1.807) is 48.3 Å². The molecule has 1 saturated heterocycles. The van der Waals surface area contributed by atoms with E-state index < -0.39 is 5.92 Å². The standard InChI is InChI=1S/C19H17ClN2O2/c1-22-15(12-7-9-14(20)10-8-12)11-16(23)17(19(22)24)18(21)13-5-3-2-4-6-13/h2-10,15,17,21H,11H2,1H3. The molecular formula is C19H17ClN2O2. The van der Waals surface area contributed by atoms with Crippen molar-refractivity contribution in [2.75, 3.05) is 7.05 Å². The molecule has 0 aromatic heterocycles. The van der Waals surface area contributed by atoms with Gasteiger partial charge < -0.3 is 10.3 Å². The number of nitrogens with one attached hydrogen (secondary N) is 1. The molecule has 0 saturated carbocycles. The molecule has 1 aliphatic heterocycles. The first-order valence-corrected chi connectivity index (χ1v) is 8.05. The number of benzene rings is 2. The summed E-state index contributed by atoms with van der Waals surface area (Å²) in [4.78, 5) is 26.9. The zero-order valence-corrected chi connectivity index (χ0v) is 14.0. The predicted molar refractivity (Wildman–Crippen MR) is 93.3 cm³/mol. The number of piperidine rings is 1. The zero-order chi connectivity index (χ0) is 17.3. The van der Waals surface area contributed by atoms with Crippen molar-refractivity contribution in [2.24, 2.45) is 5.92 Å². The lowest BCUT2D eigenvalue weighted by atomic mass is 9.83. The molecule has 1 fully saturated rings. The Labute approximate surface area is 145 Å². The van der Waals surface area contributed by atoms with Crippen molar-refractivity contribution in [2.45, 2.75) is 12.5 Å². The van der Waals surface area contributed by atoms with Crippen molar-refractivity contribution >= 4 is 29.0 Å². The van der Waals surface area contributed by atoms with Gasteiger partial charge in [-0.25, -0.2) is 0 Å². The van der Waals surface area contributed by atoms with Gasteiger partial charge in [0.2, 0.25) is 5.91 Å². The molecule has 5 heteroatoms. The normalized spacial score (nSPS) is 21.0. The van der Waals surface area contributed by atoms with Crippen molar-refractivity contribution in [3.63, 3.8) is 0 Å². The molecule has 0 bridgehead atoms. The highest BCUT2D eigenvalue weighted by molar-refractivity contribution is 6.30. The van der Waals surface area contributed by atoms with Gasteiger partial charge >= 0.3 is 0 Å². The van der Waals surface area contributed by atoms with Crippen LogP contribution in [0, 0.1) is 11.3 Å². The number of hydrogen-bond donors (Lipinski definition) is 1. The predicted octanol–water partition coefficient (Wildman–Crippen LogP) is 3.50. The second kappa shape index (κ2) is 6.57. The fourth-order valence-electron chi connectivity index (χ4n) is 3.04. The number of nitrogens with zero attached hydrogens (tertiary/aromatic N) is 1. The van der Waals surface area contributed by atoms with Crippen molar-refractivity contribution in [1.82, 2.24) is 4.90 Å². The number of likely N-dealkylation sites (tertiary alicyclic amines) is 1. The van der Waals surface area contributed by atoms with E-state index >= 15 is 0 Å². The van der Waals surface area contributed by atoms with Crippen LogP contribution in [0.15, 0.2) is 54.6 Å². The smallest absolute Gasteiger partial charge is 0.239 e. The van der Waals surface area contributed by atoms with E-state index in [2.05, 4.69) is 0 Å². The number of carbonyl (C=O) groups is 2. The van der Waals surface area contributed by atoms with Gasteiger partial charge in [0.25, 0.3) is 0 Å². The van der Waals surface area contributed by atoms with Crippen LogP contribution in [0.25, 0.3) is 0 Å². The van der Waals surface area contributed by atoms with Crippen LogP contribution in [-0.4, -0.2) is 29.3 Å². The summed E-state index contributed by atoms with van der Waals surface area (Å²) in [5, 5.41) is 8.90. The summed E-state index contributed by atoms with van der Waals surface area (Å²) in [6.07, 6.45) is 0.198. The lowest BCUT2D eigenvalue weighted by Gasteiger charge is -2.36. The number of carbonyl (C=O) groups excluding carboxylic acids is 2. The quantitative estimate of drug-likeness (QED) is 0.686. The van der Waals surface area contributed by atoms with Gasteiger partial charge in [0.1, 0.15) is 5.92 Å². The van der Waals surface area contributed by atoms with E-state index in [0.29, 0.717) is 10.6 Å². The van der Waals surface area contributed by atoms with Crippen LogP contribution in [0.2, 0.25) is 5.02 Å². The Balaban J connectivity index is 1.87. The van der Waals surface area contributed by atoms with E-state index in [0.717, 1.165) is 5.56 Å². The van der Waals surface area contributed by atoms with E-state index in [1.807, 2.05) is 18.2 Å². The van der Waals surface area contributed by atoms with Crippen molar-refractivity contribution < 1.29 is 9.59 Å². The van der Waals surface area contributed by atoms with E-state index in [4.69, 9.17) is 17.0 Å². The third kappa shape index (κ3) is 2.97. The van der Waals surface area contributed by atoms with Crippen molar-refractivity contribution in [3.05, 3.63) is 70.7 Å². The Bertz CT molecular complexity index is 787. The minimum absolute atomic E-state index is 0.0620. The maximum Gasteiger partial charge on any atom is 0.239 e. The molecule has 2 aromatic carbocycles. The SMILES string of the molecule is CN1C(=O)C(C(=N)c2ccccc2)C(=O)CC1c1ccc(Cl)cc1. The van der Waals surface area contributed by atoms with Crippen molar-refractivity contribution in [3.8, 4) is 0 Å². The molecule has 1 heterocycles. The number of halogens is 1. The Hall–Kier alpha value is -2.46. The molecule has 2 atom stereocenters. The first kappa shape index (κ1) is 16.4. The summed E-state index contributed by atoms with van der Waals surface area (Å²) >= 11 is 5.90. The third-order valence-corrected chi connectivity index (χ3v) is 4.66. The van der Waals surface area contributed by atoms with Gasteiger partial charge in [-0.05, 0) is 23.3 Å². The zero-order valence-electron chi connectivity index (χ0n) is 13.2. The third-order valence-electron chi connectivity index (χ3n) is 4.41. The molecule has 0 spiro atoms. The first-order chi connectivity index (χ1) is 11.5. The largest absolute Gasteiger partial charge is 0.337 e. The summed E-state index contributed by atoms with van der Waals surface area (Å²) in [6.45, 7) is 0. The summed E-state index contributed by atoms with van der Waals surface area (Å²) in [6, 6.07) is 15.7. The summed E-state index contributed by atoms with van der Waals surface area (Å²) in [5.74, 6) is -1.58. The van der Waals surface area contributed by atoms with Crippen LogP contribution < -0.4 is 0 Å². The van der Waals surface area contributed by atoms with Gasteiger partial charge in [-0.3, -0.25) is 9.59 Å². The van der Waals surface area contributed by atoms with Gasteiger partial charge in [-0.2, -0.15) is 0 Å². The minimum Gasteiger partial charge on any atom is -0.337 e. The molecule has 0 aliphatic carbocycles. The molecular weight excluding hydrogens is 324 g/mol. The summed E-state index contributed by atoms with van der Waals surface area (Å²) in [5.41, 5.74) is 1.53. The van der Waals surface area contributed by atoms with E-state index in [9.17, 15) is 9.59 Å². The lowest BCUT2D eigenvalue weighted by Crippen LogP contribution is -2.48. The van der Waals surface area contributed by atoms with Crippen LogP contribution >= 0.6 is 11.6 Å². The Morgan fingerprint density at radius 1 is 1.08 bits per heavy atom. The molecule has 1 amide bonds. The highest BCUT2D eigenvalue weighted by Crippen LogP contribution is 2.32. The highest BCUT2D eigenvalue weighted by Gasteiger charge is 2.42. The summed E-state index contributed by atoms with van der Waals surface area (Å²) in [7, 11) is 1.68. The second-order valence-electron chi connectivity index (χ2n) is 5.90. The molecule has 2 unspecified atom stereocenters. The number of amides is 1. The minimum atomic E-state index is -1.03. The van der Waals surface area contributed by atoms with Gasteiger partial charge in [0, 0.05) is 18.5 Å². The number of rotatable bonds is 3. The monoisotopic (exact) mass is 340 g/mol. The maximum atomic E-state index is 12.7. The maximum absolute atomic E-state index is 12.7. The molecule has 122 valence electrons. The van der Waals surface area contributed by atoms with Crippen molar-refractivity contribution in [1.29, 1.82) is 5.41 Å². The van der Waals surface area contributed by atoms with Crippen LogP contribution in [0.4, 0.5) is 0 Å². The Morgan fingerprint density at radius 3 is 2.33 bits per heavy atom. The molecule has 3 rings (SSSR count). The average molecular weight is 341 g/mol. The molecule has 24 heavy (non-hydrogen) atoms. The van der Waals surface area contributed by atoms with Gasteiger partial charge in [0.05, 0.1) is 11.8 Å². The summed E-state index contributed by atoms with van der Waals surface area (Å²) < 4.78 is 0. The fourth-order valence-corrected chi connectivity index (χ4v) is 3.16. The Morgan fingerprint density at radius 2 is 1.71 bits per heavy atom. The second-order valence-corrected chi connectivity index (χ2v) is 6.34. The van der Waals surface area contributed by atoms with Gasteiger partial charge in [-0.1, -0.05) is 54.1 Å².